The number of carbonyl (C=O) groups is 1. The van der Waals surface area contributed by atoms with E-state index in [0.717, 1.165) is 5.56 Å². The Hall–Kier alpha value is -2.40. The molecule has 0 aliphatic carbocycles. The van der Waals surface area contributed by atoms with Gasteiger partial charge < -0.3 is 9.47 Å². The Bertz CT molecular complexity index is 643. The molecule has 0 N–H and O–H groups in total. The van der Waals surface area contributed by atoms with Crippen LogP contribution in [0.2, 0.25) is 0 Å². The van der Waals surface area contributed by atoms with Crippen molar-refractivity contribution in [1.29, 1.82) is 0 Å². The van der Waals surface area contributed by atoms with Crippen molar-refractivity contribution in [3.05, 3.63) is 53.9 Å². The number of ketones is 1. The van der Waals surface area contributed by atoms with Crippen LogP contribution in [0.4, 0.5) is 0 Å². The van der Waals surface area contributed by atoms with E-state index in [-0.39, 0.29) is 12.6 Å². The number of hydrogen-bond acceptors (Lipinski definition) is 5. The Kier molecular flexibility index (Phi) is 3.83. The van der Waals surface area contributed by atoms with Gasteiger partial charge in [0.05, 0.1) is 6.54 Å². The second-order valence-corrected chi connectivity index (χ2v) is 5.02. The molecule has 0 fully saturated rings. The summed E-state index contributed by atoms with van der Waals surface area (Å²) in [6.07, 6.45) is 3.54. The highest BCUT2D eigenvalue weighted by Crippen LogP contribution is 2.32. The van der Waals surface area contributed by atoms with E-state index in [0.29, 0.717) is 30.2 Å². The minimum absolute atomic E-state index is 0.0553. The zero-order valence-corrected chi connectivity index (χ0v) is 11.8. The zero-order chi connectivity index (χ0) is 14.7. The van der Waals surface area contributed by atoms with Gasteiger partial charge in [0, 0.05) is 24.5 Å². The SMILES string of the molecule is CN(CC(=O)c1ccc2c(c1)OCO2)Cc1cccnc1. The number of Topliss-reactive ketones (excluding diaryl/α,β-unsaturated/α-hetero) is 1. The number of aromatic nitrogens is 1. The van der Waals surface area contributed by atoms with Gasteiger partial charge in [0.15, 0.2) is 17.3 Å². The van der Waals surface area contributed by atoms with Crippen molar-refractivity contribution in [2.45, 2.75) is 6.54 Å². The fourth-order valence-electron chi connectivity index (χ4n) is 2.27. The van der Waals surface area contributed by atoms with Crippen molar-refractivity contribution in [2.75, 3.05) is 20.4 Å². The van der Waals surface area contributed by atoms with E-state index in [4.69, 9.17) is 9.47 Å². The van der Waals surface area contributed by atoms with Crippen molar-refractivity contribution in [1.82, 2.24) is 9.88 Å². The summed E-state index contributed by atoms with van der Waals surface area (Å²) in [4.78, 5) is 18.3. The molecule has 0 unspecified atom stereocenters. The molecule has 1 aliphatic rings. The lowest BCUT2D eigenvalue weighted by Crippen LogP contribution is -2.25. The lowest BCUT2D eigenvalue weighted by atomic mass is 10.1. The zero-order valence-electron chi connectivity index (χ0n) is 11.8. The molecule has 0 bridgehead atoms. The molecule has 1 aliphatic heterocycles. The minimum atomic E-state index is 0.0553. The molecule has 0 saturated carbocycles. The van der Waals surface area contributed by atoms with Crippen molar-refractivity contribution < 1.29 is 14.3 Å². The first-order valence-electron chi connectivity index (χ1n) is 6.72. The van der Waals surface area contributed by atoms with Gasteiger partial charge in [-0.25, -0.2) is 0 Å². The quantitative estimate of drug-likeness (QED) is 0.787. The number of carbonyl (C=O) groups excluding carboxylic acids is 1. The number of likely N-dealkylation sites (N-methyl/N-ethyl adjacent to an activating group) is 1. The molecular formula is C16H16N2O3. The first kappa shape index (κ1) is 13.6. The Morgan fingerprint density at radius 2 is 2.14 bits per heavy atom. The molecule has 108 valence electrons. The van der Waals surface area contributed by atoms with Gasteiger partial charge in [0.2, 0.25) is 6.79 Å². The summed E-state index contributed by atoms with van der Waals surface area (Å²) in [6, 6.07) is 9.17. The van der Waals surface area contributed by atoms with Crippen molar-refractivity contribution in [3.8, 4) is 11.5 Å². The number of hydrogen-bond donors (Lipinski definition) is 0. The second-order valence-electron chi connectivity index (χ2n) is 5.02. The topological polar surface area (TPSA) is 51.7 Å². The van der Waals surface area contributed by atoms with Crippen LogP contribution in [-0.2, 0) is 6.54 Å². The van der Waals surface area contributed by atoms with Gasteiger partial charge in [-0.15, -0.1) is 0 Å². The van der Waals surface area contributed by atoms with Crippen LogP contribution in [0.15, 0.2) is 42.7 Å². The van der Waals surface area contributed by atoms with Crippen molar-refractivity contribution in [2.24, 2.45) is 0 Å². The summed E-state index contributed by atoms with van der Waals surface area (Å²) in [6.45, 7) is 1.24. The Morgan fingerprint density at radius 3 is 2.95 bits per heavy atom. The molecule has 5 heteroatoms. The highest BCUT2D eigenvalue weighted by atomic mass is 16.7. The van der Waals surface area contributed by atoms with E-state index in [1.807, 2.05) is 30.3 Å². The van der Waals surface area contributed by atoms with Gasteiger partial charge in [-0.05, 0) is 36.9 Å². The molecule has 0 spiro atoms. The predicted molar refractivity (Wildman–Crippen MR) is 77.5 cm³/mol. The molecule has 2 aromatic rings. The van der Waals surface area contributed by atoms with Crippen molar-refractivity contribution >= 4 is 5.78 Å². The first-order chi connectivity index (χ1) is 10.2. The van der Waals surface area contributed by atoms with Crippen LogP contribution in [0.25, 0.3) is 0 Å². The number of benzene rings is 1. The van der Waals surface area contributed by atoms with Gasteiger partial charge >= 0.3 is 0 Å². The normalized spacial score (nSPS) is 12.7. The van der Waals surface area contributed by atoms with Gasteiger partial charge in [0.1, 0.15) is 0 Å². The molecule has 5 nitrogen and oxygen atoms in total. The van der Waals surface area contributed by atoms with Gasteiger partial charge in [-0.3, -0.25) is 14.7 Å². The highest BCUT2D eigenvalue weighted by molar-refractivity contribution is 5.98. The van der Waals surface area contributed by atoms with Gasteiger partial charge in [0.25, 0.3) is 0 Å². The van der Waals surface area contributed by atoms with E-state index in [2.05, 4.69) is 4.98 Å². The average molecular weight is 284 g/mol. The number of rotatable bonds is 5. The number of pyridine rings is 1. The van der Waals surface area contributed by atoms with Crippen molar-refractivity contribution in [3.63, 3.8) is 0 Å². The Labute approximate surface area is 123 Å². The average Bonchev–Trinajstić information content (AvgIpc) is 2.95. The van der Waals surface area contributed by atoms with Crippen LogP contribution >= 0.6 is 0 Å². The summed E-state index contributed by atoms with van der Waals surface area (Å²) in [7, 11) is 1.91. The fraction of sp³-hybridized carbons (Fsp3) is 0.250. The third-order valence-corrected chi connectivity index (χ3v) is 3.28. The lowest BCUT2D eigenvalue weighted by Gasteiger charge is -2.15. The van der Waals surface area contributed by atoms with Crippen LogP contribution < -0.4 is 9.47 Å². The third kappa shape index (κ3) is 3.20. The maximum Gasteiger partial charge on any atom is 0.231 e. The monoisotopic (exact) mass is 284 g/mol. The maximum absolute atomic E-state index is 12.3. The summed E-state index contributed by atoms with van der Waals surface area (Å²) < 4.78 is 10.5. The fourth-order valence-corrected chi connectivity index (χ4v) is 2.27. The third-order valence-electron chi connectivity index (χ3n) is 3.28. The molecule has 0 amide bonds. The number of fused-ring (bicyclic) bond motifs is 1. The smallest absolute Gasteiger partial charge is 0.231 e. The summed E-state index contributed by atoms with van der Waals surface area (Å²) in [5, 5.41) is 0. The standard InChI is InChI=1S/C16H16N2O3/c1-18(9-12-3-2-6-17-8-12)10-14(19)13-4-5-15-16(7-13)21-11-20-15/h2-8H,9-11H2,1H3. The van der Waals surface area contributed by atoms with Crippen LogP contribution in [0.3, 0.4) is 0 Å². The van der Waals surface area contributed by atoms with E-state index in [9.17, 15) is 4.79 Å². The molecule has 21 heavy (non-hydrogen) atoms. The summed E-state index contributed by atoms with van der Waals surface area (Å²) in [5.41, 5.74) is 1.72. The minimum Gasteiger partial charge on any atom is -0.454 e. The van der Waals surface area contributed by atoms with E-state index < -0.39 is 0 Å². The molecule has 1 aromatic heterocycles. The maximum atomic E-state index is 12.3. The molecule has 2 heterocycles. The molecule has 0 saturated heterocycles. The number of ether oxygens (including phenoxy) is 2. The van der Waals surface area contributed by atoms with Crippen LogP contribution in [0.5, 0.6) is 11.5 Å². The van der Waals surface area contributed by atoms with Gasteiger partial charge in [-0.2, -0.15) is 0 Å². The summed E-state index contributed by atoms with van der Waals surface area (Å²) in [5.74, 6) is 1.38. The highest BCUT2D eigenvalue weighted by Gasteiger charge is 2.17. The van der Waals surface area contributed by atoms with E-state index >= 15 is 0 Å². The number of nitrogens with zero attached hydrogens (tertiary/aromatic N) is 2. The summed E-state index contributed by atoms with van der Waals surface area (Å²) >= 11 is 0. The molecular weight excluding hydrogens is 268 g/mol. The molecule has 1 aromatic carbocycles. The second kappa shape index (κ2) is 5.93. The largest absolute Gasteiger partial charge is 0.454 e. The lowest BCUT2D eigenvalue weighted by molar-refractivity contribution is 0.0942. The first-order valence-corrected chi connectivity index (χ1v) is 6.72. The van der Waals surface area contributed by atoms with E-state index in [1.54, 1.807) is 24.4 Å². The van der Waals surface area contributed by atoms with Crippen LogP contribution in [-0.4, -0.2) is 36.1 Å². The molecule has 0 radical (unpaired) electrons. The molecule has 3 rings (SSSR count). The predicted octanol–water partition coefficient (Wildman–Crippen LogP) is 2.12. The van der Waals surface area contributed by atoms with Gasteiger partial charge in [-0.1, -0.05) is 6.07 Å². The van der Waals surface area contributed by atoms with E-state index in [1.165, 1.54) is 0 Å². The Balaban J connectivity index is 1.63. The van der Waals surface area contributed by atoms with Crippen LogP contribution in [0.1, 0.15) is 15.9 Å². The Morgan fingerprint density at radius 1 is 1.29 bits per heavy atom. The molecule has 0 atom stereocenters. The van der Waals surface area contributed by atoms with Crippen LogP contribution in [0, 0.1) is 0 Å².